The Balaban J connectivity index is 2.11. The fraction of sp³-hybridized carbons (Fsp3) is 0.200. The first-order chi connectivity index (χ1) is 9.61. The molecule has 0 radical (unpaired) electrons. The van der Waals surface area contributed by atoms with E-state index in [1.807, 2.05) is 19.1 Å². The minimum atomic E-state index is -0.369. The van der Waals surface area contributed by atoms with Crippen molar-refractivity contribution in [2.75, 3.05) is 7.11 Å². The van der Waals surface area contributed by atoms with Gasteiger partial charge in [-0.2, -0.15) is 0 Å². The summed E-state index contributed by atoms with van der Waals surface area (Å²) in [6, 6.07) is 8.29. The Hall–Kier alpha value is -2.56. The number of aryl methyl sites for hydroxylation is 1. The maximum atomic E-state index is 12.1. The molecule has 1 heterocycles. The van der Waals surface area contributed by atoms with Crippen molar-refractivity contribution in [3.8, 4) is 11.5 Å². The average molecular weight is 272 g/mol. The molecule has 1 amide bonds. The number of ether oxygens (including phenoxy) is 1. The van der Waals surface area contributed by atoms with E-state index in [2.05, 4.69) is 10.3 Å². The Bertz CT molecular complexity index is 626. The first-order valence-corrected chi connectivity index (χ1v) is 6.17. The van der Waals surface area contributed by atoms with Gasteiger partial charge in [-0.3, -0.25) is 9.78 Å². The number of carbonyl (C=O) groups excluding carboxylic acids is 1. The Kier molecular flexibility index (Phi) is 4.20. The number of methoxy groups -OCH3 is 1. The van der Waals surface area contributed by atoms with Crippen LogP contribution >= 0.6 is 0 Å². The first kappa shape index (κ1) is 13.9. The van der Waals surface area contributed by atoms with Gasteiger partial charge in [0.05, 0.1) is 24.9 Å². The highest BCUT2D eigenvalue weighted by molar-refractivity contribution is 5.97. The fourth-order valence-corrected chi connectivity index (χ4v) is 1.79. The van der Waals surface area contributed by atoms with Crippen molar-refractivity contribution in [2.24, 2.45) is 0 Å². The molecule has 1 aromatic carbocycles. The van der Waals surface area contributed by atoms with Crippen LogP contribution in [0.15, 0.2) is 36.5 Å². The van der Waals surface area contributed by atoms with Crippen LogP contribution in [0.5, 0.6) is 11.5 Å². The zero-order valence-corrected chi connectivity index (χ0v) is 11.4. The number of phenolic OH excluding ortho intramolecular Hbond substituents is 1. The van der Waals surface area contributed by atoms with Crippen LogP contribution in [0.1, 0.15) is 21.6 Å². The second-order valence-corrected chi connectivity index (χ2v) is 4.33. The van der Waals surface area contributed by atoms with Gasteiger partial charge in [-0.15, -0.1) is 0 Å². The van der Waals surface area contributed by atoms with Gasteiger partial charge in [0.15, 0.2) is 0 Å². The van der Waals surface area contributed by atoms with Crippen molar-refractivity contribution in [1.29, 1.82) is 0 Å². The number of rotatable bonds is 4. The topological polar surface area (TPSA) is 71.5 Å². The number of carbonyl (C=O) groups is 1. The molecule has 5 heteroatoms. The molecule has 2 rings (SSSR count). The van der Waals surface area contributed by atoms with E-state index in [0.717, 1.165) is 11.3 Å². The van der Waals surface area contributed by atoms with E-state index in [0.29, 0.717) is 12.3 Å². The van der Waals surface area contributed by atoms with Crippen LogP contribution in [-0.4, -0.2) is 23.1 Å². The maximum absolute atomic E-state index is 12.1. The molecule has 2 N–H and O–H groups in total. The molecule has 1 aromatic heterocycles. The van der Waals surface area contributed by atoms with E-state index >= 15 is 0 Å². The molecule has 2 aromatic rings. The summed E-state index contributed by atoms with van der Waals surface area (Å²) in [6.45, 7) is 2.24. The minimum Gasteiger partial charge on any atom is -0.507 e. The molecular weight excluding hydrogens is 256 g/mol. The molecule has 0 fully saturated rings. The molecule has 0 saturated carbocycles. The number of nitrogens with zero attached hydrogens (tertiary/aromatic N) is 1. The van der Waals surface area contributed by atoms with E-state index in [1.165, 1.54) is 19.2 Å². The molecule has 0 aliphatic rings. The summed E-state index contributed by atoms with van der Waals surface area (Å²) in [6.07, 6.45) is 1.68. The van der Waals surface area contributed by atoms with Crippen molar-refractivity contribution in [3.63, 3.8) is 0 Å². The molecule has 0 unspecified atom stereocenters. The highest BCUT2D eigenvalue weighted by Gasteiger charge is 2.12. The molecule has 0 saturated heterocycles. The van der Waals surface area contributed by atoms with Gasteiger partial charge in [0.25, 0.3) is 5.91 Å². The van der Waals surface area contributed by atoms with Crippen molar-refractivity contribution >= 4 is 5.91 Å². The summed E-state index contributed by atoms with van der Waals surface area (Å²) in [4.78, 5) is 16.3. The van der Waals surface area contributed by atoms with Gasteiger partial charge in [0.2, 0.25) is 0 Å². The normalized spacial score (nSPS) is 10.1. The summed E-state index contributed by atoms with van der Waals surface area (Å²) >= 11 is 0. The second kappa shape index (κ2) is 6.06. The van der Waals surface area contributed by atoms with Crippen molar-refractivity contribution in [2.45, 2.75) is 13.5 Å². The van der Waals surface area contributed by atoms with Crippen LogP contribution in [0, 0.1) is 6.92 Å². The number of pyridine rings is 1. The SMILES string of the molecule is COc1ccc(O)c(C(=O)NCc2ncccc2C)c1. The Morgan fingerprint density at radius 1 is 1.40 bits per heavy atom. The van der Waals surface area contributed by atoms with Crippen LogP contribution in [0.25, 0.3) is 0 Å². The third kappa shape index (κ3) is 3.06. The number of benzene rings is 1. The Morgan fingerprint density at radius 3 is 2.90 bits per heavy atom. The van der Waals surface area contributed by atoms with Crippen LogP contribution in [-0.2, 0) is 6.54 Å². The molecular formula is C15H16N2O3. The summed E-state index contributed by atoms with van der Waals surface area (Å²) in [5.74, 6) is 0.0643. The van der Waals surface area contributed by atoms with Gasteiger partial charge in [0.1, 0.15) is 11.5 Å². The van der Waals surface area contributed by atoms with E-state index in [4.69, 9.17) is 4.74 Å². The maximum Gasteiger partial charge on any atom is 0.255 e. The molecule has 20 heavy (non-hydrogen) atoms. The van der Waals surface area contributed by atoms with Gasteiger partial charge in [-0.1, -0.05) is 6.07 Å². The standard InChI is InChI=1S/C15H16N2O3/c1-10-4-3-7-16-13(10)9-17-15(19)12-8-11(20-2)5-6-14(12)18/h3-8,18H,9H2,1-2H3,(H,17,19). The molecule has 0 atom stereocenters. The van der Waals surface area contributed by atoms with Gasteiger partial charge < -0.3 is 15.2 Å². The lowest BCUT2D eigenvalue weighted by Crippen LogP contribution is -2.23. The molecule has 104 valence electrons. The van der Waals surface area contributed by atoms with Gasteiger partial charge in [-0.05, 0) is 36.8 Å². The highest BCUT2D eigenvalue weighted by atomic mass is 16.5. The molecule has 0 aliphatic heterocycles. The fourth-order valence-electron chi connectivity index (χ4n) is 1.79. The van der Waals surface area contributed by atoms with Crippen LogP contribution in [0.3, 0.4) is 0 Å². The second-order valence-electron chi connectivity index (χ2n) is 4.33. The number of aromatic nitrogens is 1. The zero-order chi connectivity index (χ0) is 14.5. The lowest BCUT2D eigenvalue weighted by atomic mass is 10.1. The predicted molar refractivity (Wildman–Crippen MR) is 74.8 cm³/mol. The summed E-state index contributed by atoms with van der Waals surface area (Å²) in [7, 11) is 1.51. The number of amides is 1. The van der Waals surface area contributed by atoms with Crippen LogP contribution in [0.4, 0.5) is 0 Å². The van der Waals surface area contributed by atoms with Crippen molar-refractivity contribution in [3.05, 3.63) is 53.3 Å². The Labute approximate surface area is 117 Å². The largest absolute Gasteiger partial charge is 0.507 e. The molecule has 0 aliphatic carbocycles. The lowest BCUT2D eigenvalue weighted by molar-refractivity contribution is 0.0947. The quantitative estimate of drug-likeness (QED) is 0.893. The summed E-state index contributed by atoms with van der Waals surface area (Å²) in [5.41, 5.74) is 1.98. The van der Waals surface area contributed by atoms with Gasteiger partial charge in [-0.25, -0.2) is 0 Å². The van der Waals surface area contributed by atoms with Gasteiger partial charge in [0, 0.05) is 6.20 Å². The number of hydrogen-bond donors (Lipinski definition) is 2. The Morgan fingerprint density at radius 2 is 2.20 bits per heavy atom. The minimum absolute atomic E-state index is 0.0824. The zero-order valence-electron chi connectivity index (χ0n) is 11.4. The van der Waals surface area contributed by atoms with E-state index in [-0.39, 0.29) is 17.2 Å². The molecule has 5 nitrogen and oxygen atoms in total. The predicted octanol–water partition coefficient (Wildman–Crippen LogP) is 2.03. The third-order valence-corrected chi connectivity index (χ3v) is 2.98. The number of hydrogen-bond acceptors (Lipinski definition) is 4. The number of nitrogens with one attached hydrogen (secondary N) is 1. The number of phenols is 1. The van der Waals surface area contributed by atoms with Crippen LogP contribution < -0.4 is 10.1 Å². The number of aromatic hydroxyl groups is 1. The van der Waals surface area contributed by atoms with Crippen molar-refractivity contribution < 1.29 is 14.6 Å². The highest BCUT2D eigenvalue weighted by Crippen LogP contribution is 2.22. The summed E-state index contributed by atoms with van der Waals surface area (Å²) < 4.78 is 5.04. The van der Waals surface area contributed by atoms with E-state index in [9.17, 15) is 9.90 Å². The average Bonchev–Trinajstić information content (AvgIpc) is 2.46. The lowest BCUT2D eigenvalue weighted by Gasteiger charge is -2.09. The van der Waals surface area contributed by atoms with E-state index in [1.54, 1.807) is 12.3 Å². The smallest absolute Gasteiger partial charge is 0.255 e. The monoisotopic (exact) mass is 272 g/mol. The van der Waals surface area contributed by atoms with Gasteiger partial charge >= 0.3 is 0 Å². The molecule has 0 bridgehead atoms. The van der Waals surface area contributed by atoms with E-state index < -0.39 is 0 Å². The van der Waals surface area contributed by atoms with Crippen molar-refractivity contribution in [1.82, 2.24) is 10.3 Å². The summed E-state index contributed by atoms with van der Waals surface area (Å²) in [5, 5.41) is 12.5. The van der Waals surface area contributed by atoms with Crippen LogP contribution in [0.2, 0.25) is 0 Å². The first-order valence-electron chi connectivity index (χ1n) is 6.17. The molecule has 0 spiro atoms. The third-order valence-electron chi connectivity index (χ3n) is 2.98.